The number of rotatable bonds is 5. The molecule has 1 aromatic rings. The lowest BCUT2D eigenvalue weighted by Crippen LogP contribution is -2.44. The number of nitrogens with one attached hydrogen (secondary N) is 2. The zero-order chi connectivity index (χ0) is 18.0. The van der Waals surface area contributed by atoms with Gasteiger partial charge in [-0.3, -0.25) is 14.5 Å². The smallest absolute Gasteiger partial charge is 0.325 e. The van der Waals surface area contributed by atoms with E-state index in [1.807, 2.05) is 31.2 Å². The van der Waals surface area contributed by atoms with Crippen LogP contribution in [0, 0.1) is 6.92 Å². The molecule has 2 saturated heterocycles. The molecule has 7 nitrogen and oxygen atoms in total. The highest BCUT2D eigenvalue weighted by atomic mass is 16.5. The number of carbonyl (C=O) groups excluding carboxylic acids is 3. The number of carbonyl (C=O) groups is 3. The lowest BCUT2D eigenvalue weighted by atomic mass is 9.91. The van der Waals surface area contributed by atoms with Crippen LogP contribution in [0.1, 0.15) is 30.9 Å². The van der Waals surface area contributed by atoms with Crippen LogP contribution in [-0.2, 0) is 19.9 Å². The van der Waals surface area contributed by atoms with E-state index in [1.54, 1.807) is 6.92 Å². The molecule has 25 heavy (non-hydrogen) atoms. The molecule has 0 aliphatic carbocycles. The van der Waals surface area contributed by atoms with E-state index in [1.165, 1.54) is 0 Å². The summed E-state index contributed by atoms with van der Waals surface area (Å²) in [6.45, 7) is 4.42. The Bertz CT molecular complexity index is 682. The van der Waals surface area contributed by atoms with Gasteiger partial charge in [0.25, 0.3) is 5.91 Å². The van der Waals surface area contributed by atoms with Crippen molar-refractivity contribution in [1.29, 1.82) is 0 Å². The van der Waals surface area contributed by atoms with E-state index >= 15 is 0 Å². The maximum absolute atomic E-state index is 12.8. The van der Waals surface area contributed by atoms with Gasteiger partial charge in [0, 0.05) is 13.2 Å². The molecule has 1 aromatic carbocycles. The third-order valence-electron chi connectivity index (χ3n) is 4.76. The van der Waals surface area contributed by atoms with E-state index in [2.05, 4.69) is 10.6 Å². The van der Waals surface area contributed by atoms with E-state index in [0.717, 1.165) is 23.3 Å². The van der Waals surface area contributed by atoms with Gasteiger partial charge in [0.2, 0.25) is 5.91 Å². The maximum atomic E-state index is 12.8. The van der Waals surface area contributed by atoms with Crippen molar-refractivity contribution in [2.45, 2.75) is 38.3 Å². The van der Waals surface area contributed by atoms with Crippen molar-refractivity contribution in [1.82, 2.24) is 15.5 Å². The highest BCUT2D eigenvalue weighted by molar-refractivity contribution is 6.09. The minimum Gasteiger partial charge on any atom is -0.376 e. The number of nitrogens with zero attached hydrogens (tertiary/aromatic N) is 1. The highest BCUT2D eigenvalue weighted by Crippen LogP contribution is 2.28. The third kappa shape index (κ3) is 3.51. The van der Waals surface area contributed by atoms with Crippen molar-refractivity contribution in [2.24, 2.45) is 0 Å². The zero-order valence-corrected chi connectivity index (χ0v) is 14.5. The van der Waals surface area contributed by atoms with Crippen LogP contribution >= 0.6 is 0 Å². The van der Waals surface area contributed by atoms with E-state index in [0.29, 0.717) is 18.7 Å². The highest BCUT2D eigenvalue weighted by Gasteiger charge is 2.49. The first-order valence-electron chi connectivity index (χ1n) is 8.50. The quantitative estimate of drug-likeness (QED) is 0.781. The van der Waals surface area contributed by atoms with E-state index in [-0.39, 0.29) is 18.6 Å². The summed E-state index contributed by atoms with van der Waals surface area (Å²) in [5, 5.41) is 5.43. The molecule has 2 unspecified atom stereocenters. The molecule has 0 radical (unpaired) electrons. The first-order valence-corrected chi connectivity index (χ1v) is 8.50. The second-order valence-electron chi connectivity index (χ2n) is 6.75. The molecular weight excluding hydrogens is 322 g/mol. The van der Waals surface area contributed by atoms with Crippen LogP contribution < -0.4 is 10.6 Å². The van der Waals surface area contributed by atoms with Gasteiger partial charge in [0.1, 0.15) is 12.1 Å². The van der Waals surface area contributed by atoms with Gasteiger partial charge in [0.15, 0.2) is 0 Å². The molecular formula is C18H23N3O4. The fourth-order valence-electron chi connectivity index (χ4n) is 3.16. The molecule has 134 valence electrons. The van der Waals surface area contributed by atoms with Gasteiger partial charge in [-0.2, -0.15) is 0 Å². The molecule has 2 fully saturated rings. The van der Waals surface area contributed by atoms with Gasteiger partial charge in [0.05, 0.1) is 6.10 Å². The standard InChI is InChI=1S/C18H23N3O4/c1-12-5-7-13(8-6-12)18(2)16(23)21(17(24)20-18)11-15(22)19-10-14-4-3-9-25-14/h5-8,14H,3-4,9-11H2,1-2H3,(H,19,22)(H,20,24). The Morgan fingerprint density at radius 2 is 2.08 bits per heavy atom. The molecule has 2 N–H and O–H groups in total. The van der Waals surface area contributed by atoms with Gasteiger partial charge < -0.3 is 15.4 Å². The number of hydrogen-bond donors (Lipinski definition) is 2. The topological polar surface area (TPSA) is 87.7 Å². The van der Waals surface area contributed by atoms with Gasteiger partial charge in [-0.25, -0.2) is 4.79 Å². The maximum Gasteiger partial charge on any atom is 0.325 e. The van der Waals surface area contributed by atoms with Crippen LogP contribution in [0.5, 0.6) is 0 Å². The minimum atomic E-state index is -1.15. The first-order chi connectivity index (χ1) is 11.9. The van der Waals surface area contributed by atoms with Crippen molar-refractivity contribution in [3.63, 3.8) is 0 Å². The summed E-state index contributed by atoms with van der Waals surface area (Å²) in [7, 11) is 0. The van der Waals surface area contributed by atoms with Crippen LogP contribution in [0.4, 0.5) is 4.79 Å². The fourth-order valence-corrected chi connectivity index (χ4v) is 3.16. The SMILES string of the molecule is Cc1ccc(C2(C)NC(=O)N(CC(=O)NCC3CCCO3)C2=O)cc1. The number of aryl methyl sites for hydroxylation is 1. The summed E-state index contributed by atoms with van der Waals surface area (Å²) in [6, 6.07) is 6.84. The Labute approximate surface area is 146 Å². The lowest BCUT2D eigenvalue weighted by Gasteiger charge is -2.22. The monoisotopic (exact) mass is 345 g/mol. The van der Waals surface area contributed by atoms with Gasteiger partial charge in [-0.1, -0.05) is 29.8 Å². The number of imide groups is 1. The summed E-state index contributed by atoms with van der Waals surface area (Å²) in [4.78, 5) is 38.0. The molecule has 7 heteroatoms. The average Bonchev–Trinajstić information content (AvgIpc) is 3.17. The molecule has 0 saturated carbocycles. The van der Waals surface area contributed by atoms with Crippen molar-refractivity contribution in [3.8, 4) is 0 Å². The molecule has 2 aliphatic rings. The summed E-state index contributed by atoms with van der Waals surface area (Å²) in [6.07, 6.45) is 1.92. The van der Waals surface area contributed by atoms with Crippen LogP contribution in [0.25, 0.3) is 0 Å². The Kier molecular flexibility index (Phi) is 4.76. The van der Waals surface area contributed by atoms with Crippen LogP contribution in [0.15, 0.2) is 24.3 Å². The van der Waals surface area contributed by atoms with E-state index < -0.39 is 17.5 Å². The lowest BCUT2D eigenvalue weighted by molar-refractivity contribution is -0.134. The normalized spacial score (nSPS) is 26.0. The van der Waals surface area contributed by atoms with Crippen LogP contribution in [-0.4, -0.2) is 48.5 Å². The Hall–Kier alpha value is -2.41. The summed E-state index contributed by atoms with van der Waals surface area (Å²) >= 11 is 0. The number of urea groups is 1. The minimum absolute atomic E-state index is 0.0184. The number of ether oxygens (including phenoxy) is 1. The second-order valence-corrected chi connectivity index (χ2v) is 6.75. The largest absolute Gasteiger partial charge is 0.376 e. The molecule has 2 heterocycles. The summed E-state index contributed by atoms with van der Waals surface area (Å²) in [5.41, 5.74) is 0.604. The van der Waals surface area contributed by atoms with Gasteiger partial charge in [-0.15, -0.1) is 0 Å². The second kappa shape index (κ2) is 6.84. The zero-order valence-electron chi connectivity index (χ0n) is 14.5. The molecule has 0 spiro atoms. The molecule has 3 rings (SSSR count). The molecule has 4 amide bonds. The van der Waals surface area contributed by atoms with Crippen LogP contribution in [0.3, 0.4) is 0 Å². The van der Waals surface area contributed by atoms with Gasteiger partial charge in [-0.05, 0) is 32.3 Å². The van der Waals surface area contributed by atoms with Gasteiger partial charge >= 0.3 is 6.03 Å². The summed E-state index contributed by atoms with van der Waals surface area (Å²) < 4.78 is 5.44. The third-order valence-corrected chi connectivity index (χ3v) is 4.76. The van der Waals surface area contributed by atoms with Crippen molar-refractivity contribution in [2.75, 3.05) is 19.7 Å². The van der Waals surface area contributed by atoms with Crippen molar-refractivity contribution < 1.29 is 19.1 Å². The number of hydrogen-bond acceptors (Lipinski definition) is 4. The molecule has 2 atom stereocenters. The molecule has 0 bridgehead atoms. The predicted octanol–water partition coefficient (Wildman–Crippen LogP) is 1.06. The first kappa shape index (κ1) is 17.4. The number of benzene rings is 1. The van der Waals surface area contributed by atoms with Crippen molar-refractivity contribution in [3.05, 3.63) is 35.4 Å². The Balaban J connectivity index is 1.64. The van der Waals surface area contributed by atoms with E-state index in [4.69, 9.17) is 4.74 Å². The summed E-state index contributed by atoms with van der Waals surface area (Å²) in [5.74, 6) is -0.791. The predicted molar refractivity (Wildman–Crippen MR) is 90.8 cm³/mol. The Morgan fingerprint density at radius 1 is 1.36 bits per heavy atom. The van der Waals surface area contributed by atoms with E-state index in [9.17, 15) is 14.4 Å². The van der Waals surface area contributed by atoms with Crippen LogP contribution in [0.2, 0.25) is 0 Å². The number of amides is 4. The average molecular weight is 345 g/mol. The molecule has 0 aromatic heterocycles. The Morgan fingerprint density at radius 3 is 2.72 bits per heavy atom. The van der Waals surface area contributed by atoms with Crippen molar-refractivity contribution >= 4 is 17.8 Å². The fraction of sp³-hybridized carbons (Fsp3) is 0.500. The molecule has 2 aliphatic heterocycles.